The highest BCUT2D eigenvalue weighted by Crippen LogP contribution is 2.17. The number of carbonyl (C=O) groups is 3. The van der Waals surface area contributed by atoms with E-state index in [-0.39, 0.29) is 12.5 Å². The van der Waals surface area contributed by atoms with Crippen molar-refractivity contribution in [3.63, 3.8) is 0 Å². The van der Waals surface area contributed by atoms with Gasteiger partial charge in [-0.25, -0.2) is 5.43 Å². The maximum absolute atomic E-state index is 12.1. The van der Waals surface area contributed by atoms with Crippen LogP contribution in [0.5, 0.6) is 11.5 Å². The molecule has 0 heterocycles. The van der Waals surface area contributed by atoms with Crippen molar-refractivity contribution in [2.45, 2.75) is 13.8 Å². The Morgan fingerprint density at radius 2 is 1.57 bits per heavy atom. The maximum atomic E-state index is 12.1. The molecule has 0 radical (unpaired) electrons. The molecular weight excluding hydrogens is 448 g/mol. The number of hydrogen-bond acceptors (Lipinski definition) is 6. The molecule has 0 saturated heterocycles. The van der Waals surface area contributed by atoms with Gasteiger partial charge in [0, 0.05) is 17.4 Å². The van der Waals surface area contributed by atoms with E-state index in [2.05, 4.69) is 21.2 Å². The molecule has 0 aromatic heterocycles. The van der Waals surface area contributed by atoms with E-state index in [1.165, 1.54) is 13.3 Å². The number of rotatable bonds is 8. The fraction of sp³-hybridized carbons (Fsp3) is 0.154. The second-order valence-electron chi connectivity index (χ2n) is 7.59. The van der Waals surface area contributed by atoms with Gasteiger partial charge in [0.2, 0.25) is 0 Å². The van der Waals surface area contributed by atoms with E-state index in [0.717, 1.165) is 11.1 Å². The number of hydrazone groups is 1. The highest BCUT2D eigenvalue weighted by molar-refractivity contribution is 6.39. The third kappa shape index (κ3) is 7.71. The lowest BCUT2D eigenvalue weighted by atomic mass is 10.1. The van der Waals surface area contributed by atoms with Crippen molar-refractivity contribution < 1.29 is 23.9 Å². The van der Waals surface area contributed by atoms with E-state index >= 15 is 0 Å². The van der Waals surface area contributed by atoms with Crippen LogP contribution in [-0.4, -0.2) is 37.7 Å². The molecule has 0 aliphatic heterocycles. The second-order valence-corrected chi connectivity index (χ2v) is 7.59. The summed E-state index contributed by atoms with van der Waals surface area (Å²) in [6.07, 6.45) is 1.38. The van der Waals surface area contributed by atoms with Gasteiger partial charge >= 0.3 is 11.8 Å². The summed E-state index contributed by atoms with van der Waals surface area (Å²) in [5, 5.41) is 9.04. The molecule has 9 nitrogen and oxygen atoms in total. The SMILES string of the molecule is COc1cccc(NC(=O)C(=O)N/N=C\c2ccc(OCC(=O)Nc3ccc(C)c(C)c3)cc2)c1. The molecule has 3 aromatic rings. The Morgan fingerprint density at radius 1 is 0.829 bits per heavy atom. The smallest absolute Gasteiger partial charge is 0.329 e. The summed E-state index contributed by atoms with van der Waals surface area (Å²) in [6.45, 7) is 3.85. The maximum Gasteiger partial charge on any atom is 0.329 e. The van der Waals surface area contributed by atoms with E-state index in [4.69, 9.17) is 9.47 Å². The molecule has 3 aromatic carbocycles. The van der Waals surface area contributed by atoms with Gasteiger partial charge in [-0.1, -0.05) is 12.1 Å². The van der Waals surface area contributed by atoms with Gasteiger partial charge in [0.05, 0.1) is 13.3 Å². The number of anilines is 2. The molecule has 0 unspecified atom stereocenters. The van der Waals surface area contributed by atoms with Crippen LogP contribution in [0.25, 0.3) is 0 Å². The summed E-state index contributed by atoms with van der Waals surface area (Å²) in [7, 11) is 1.51. The van der Waals surface area contributed by atoms with Gasteiger partial charge in [0.1, 0.15) is 11.5 Å². The minimum Gasteiger partial charge on any atom is -0.497 e. The quantitative estimate of drug-likeness (QED) is 0.263. The van der Waals surface area contributed by atoms with Crippen molar-refractivity contribution in [1.82, 2.24) is 5.43 Å². The third-order valence-corrected chi connectivity index (χ3v) is 4.95. The third-order valence-electron chi connectivity index (χ3n) is 4.95. The lowest BCUT2D eigenvalue weighted by Gasteiger charge is -2.09. The van der Waals surface area contributed by atoms with Gasteiger partial charge in [-0.15, -0.1) is 0 Å². The van der Waals surface area contributed by atoms with Crippen LogP contribution in [0.2, 0.25) is 0 Å². The number of ether oxygens (including phenoxy) is 2. The van der Waals surface area contributed by atoms with E-state index < -0.39 is 11.8 Å². The van der Waals surface area contributed by atoms with Crippen LogP contribution < -0.4 is 25.5 Å². The summed E-state index contributed by atoms with van der Waals surface area (Å²) >= 11 is 0. The van der Waals surface area contributed by atoms with Crippen molar-refractivity contribution in [2.24, 2.45) is 5.10 Å². The highest BCUT2D eigenvalue weighted by atomic mass is 16.5. The van der Waals surface area contributed by atoms with Gasteiger partial charge in [0.25, 0.3) is 5.91 Å². The molecule has 0 fully saturated rings. The first-order valence-corrected chi connectivity index (χ1v) is 10.7. The first-order valence-electron chi connectivity index (χ1n) is 10.7. The molecular formula is C26H26N4O5. The van der Waals surface area contributed by atoms with Gasteiger partial charge in [-0.05, 0) is 79.1 Å². The summed E-state index contributed by atoms with van der Waals surface area (Å²) in [5.74, 6) is -0.999. The number of nitrogens with one attached hydrogen (secondary N) is 3. The lowest BCUT2D eigenvalue weighted by Crippen LogP contribution is -2.32. The molecule has 3 amide bonds. The van der Waals surface area contributed by atoms with Crippen LogP contribution in [0, 0.1) is 13.8 Å². The van der Waals surface area contributed by atoms with E-state index in [0.29, 0.717) is 28.4 Å². The number of nitrogens with zero attached hydrogens (tertiary/aromatic N) is 1. The van der Waals surface area contributed by atoms with Crippen molar-refractivity contribution in [1.29, 1.82) is 0 Å². The average Bonchev–Trinajstić information content (AvgIpc) is 2.85. The van der Waals surface area contributed by atoms with E-state index in [1.807, 2.05) is 32.0 Å². The number of aryl methyl sites for hydroxylation is 2. The lowest BCUT2D eigenvalue weighted by molar-refractivity contribution is -0.136. The zero-order valence-corrected chi connectivity index (χ0v) is 19.6. The number of hydrogen-bond donors (Lipinski definition) is 3. The van der Waals surface area contributed by atoms with Crippen molar-refractivity contribution in [2.75, 3.05) is 24.4 Å². The van der Waals surface area contributed by atoms with Crippen LogP contribution in [0.15, 0.2) is 71.8 Å². The van der Waals surface area contributed by atoms with E-state index in [1.54, 1.807) is 48.5 Å². The Labute approximate surface area is 203 Å². The molecule has 0 atom stereocenters. The minimum absolute atomic E-state index is 0.140. The predicted molar refractivity (Wildman–Crippen MR) is 134 cm³/mol. The van der Waals surface area contributed by atoms with Crippen LogP contribution in [-0.2, 0) is 14.4 Å². The van der Waals surface area contributed by atoms with Crippen LogP contribution in [0.3, 0.4) is 0 Å². The summed E-state index contributed by atoms with van der Waals surface area (Å²) in [6, 6.07) is 19.1. The monoisotopic (exact) mass is 474 g/mol. The van der Waals surface area contributed by atoms with Crippen LogP contribution >= 0.6 is 0 Å². The van der Waals surface area contributed by atoms with Crippen molar-refractivity contribution in [3.8, 4) is 11.5 Å². The number of methoxy groups -OCH3 is 1. The Kier molecular flexibility index (Phi) is 8.55. The van der Waals surface area contributed by atoms with Crippen LogP contribution in [0.1, 0.15) is 16.7 Å². The fourth-order valence-corrected chi connectivity index (χ4v) is 2.92. The molecule has 0 aliphatic rings. The highest BCUT2D eigenvalue weighted by Gasteiger charge is 2.13. The van der Waals surface area contributed by atoms with E-state index in [9.17, 15) is 14.4 Å². The number of carbonyl (C=O) groups excluding carboxylic acids is 3. The minimum atomic E-state index is -0.918. The predicted octanol–water partition coefficient (Wildman–Crippen LogP) is 3.42. The Balaban J connectivity index is 1.43. The molecule has 3 N–H and O–H groups in total. The molecule has 35 heavy (non-hydrogen) atoms. The van der Waals surface area contributed by atoms with Gasteiger partial charge in [-0.2, -0.15) is 5.10 Å². The summed E-state index contributed by atoms with van der Waals surface area (Å²) < 4.78 is 10.6. The Morgan fingerprint density at radius 3 is 2.29 bits per heavy atom. The Bertz CT molecular complexity index is 1240. The normalized spacial score (nSPS) is 10.5. The topological polar surface area (TPSA) is 118 Å². The van der Waals surface area contributed by atoms with Crippen LogP contribution in [0.4, 0.5) is 11.4 Å². The van der Waals surface area contributed by atoms with Gasteiger partial charge < -0.3 is 20.1 Å². The molecule has 3 rings (SSSR count). The second kappa shape index (κ2) is 12.0. The molecule has 0 aliphatic carbocycles. The molecule has 180 valence electrons. The molecule has 9 heteroatoms. The first-order chi connectivity index (χ1) is 16.8. The zero-order valence-electron chi connectivity index (χ0n) is 19.6. The largest absolute Gasteiger partial charge is 0.497 e. The Hall–Kier alpha value is -4.66. The van der Waals surface area contributed by atoms with Crippen molar-refractivity contribution in [3.05, 3.63) is 83.4 Å². The van der Waals surface area contributed by atoms with Gasteiger partial charge in [-0.3, -0.25) is 14.4 Å². The molecule has 0 bridgehead atoms. The summed E-state index contributed by atoms with van der Waals surface area (Å²) in [5.41, 5.74) is 6.21. The fourth-order valence-electron chi connectivity index (χ4n) is 2.92. The molecule has 0 spiro atoms. The standard InChI is InChI=1S/C26H26N4O5/c1-17-7-10-21(13-18(17)2)28-24(31)16-35-22-11-8-19(9-12-22)15-27-30-26(33)25(32)29-20-5-4-6-23(14-20)34-3/h4-15H,16H2,1-3H3,(H,28,31)(H,29,32)(H,30,33)/b27-15-. The van der Waals surface area contributed by atoms with Gasteiger partial charge in [0.15, 0.2) is 6.61 Å². The first kappa shape index (κ1) is 25.0. The molecule has 0 saturated carbocycles. The number of benzene rings is 3. The number of amides is 3. The summed E-state index contributed by atoms with van der Waals surface area (Å²) in [4.78, 5) is 36.0. The average molecular weight is 475 g/mol. The zero-order chi connectivity index (χ0) is 25.2. The van der Waals surface area contributed by atoms with Crippen molar-refractivity contribution >= 4 is 35.3 Å².